The first kappa shape index (κ1) is 7.08. The Bertz CT molecular complexity index is 235. The summed E-state index contributed by atoms with van der Waals surface area (Å²) in [6.45, 7) is 4.42. The summed E-state index contributed by atoms with van der Waals surface area (Å²) in [7, 11) is 0. The summed E-state index contributed by atoms with van der Waals surface area (Å²) in [4.78, 5) is 11.4. The third-order valence-electron chi connectivity index (χ3n) is 3.08. The molecule has 0 amide bonds. The van der Waals surface area contributed by atoms with Gasteiger partial charge >= 0.3 is 0 Å². The first-order valence-electron chi connectivity index (χ1n) is 4.34. The fourth-order valence-electron chi connectivity index (χ4n) is 2.46. The van der Waals surface area contributed by atoms with Crippen molar-refractivity contribution in [3.05, 3.63) is 11.6 Å². The maximum absolute atomic E-state index is 11.4. The highest BCUT2D eigenvalue weighted by molar-refractivity contribution is 5.99. The predicted molar refractivity (Wildman–Crippen MR) is 44.2 cm³/mol. The molecule has 0 unspecified atom stereocenters. The molecule has 0 aromatic carbocycles. The number of hydrogen-bond acceptors (Lipinski definition) is 1. The summed E-state index contributed by atoms with van der Waals surface area (Å²) in [5, 5.41) is 0. The molecule has 0 aliphatic heterocycles. The van der Waals surface area contributed by atoms with E-state index in [0.29, 0.717) is 11.7 Å². The maximum Gasteiger partial charge on any atom is 0.159 e. The zero-order valence-electron chi connectivity index (χ0n) is 7.18. The minimum Gasteiger partial charge on any atom is -0.295 e. The lowest BCUT2D eigenvalue weighted by Crippen LogP contribution is -2.15. The van der Waals surface area contributed by atoms with Gasteiger partial charge in [0.05, 0.1) is 0 Å². The Morgan fingerprint density at radius 3 is 2.91 bits per heavy atom. The van der Waals surface area contributed by atoms with Crippen molar-refractivity contribution in [1.82, 2.24) is 0 Å². The maximum atomic E-state index is 11.4. The average molecular weight is 150 g/mol. The summed E-state index contributed by atoms with van der Waals surface area (Å²) < 4.78 is 0. The van der Waals surface area contributed by atoms with Crippen LogP contribution in [0.2, 0.25) is 0 Å². The van der Waals surface area contributed by atoms with E-state index in [9.17, 15) is 4.79 Å². The van der Waals surface area contributed by atoms with Gasteiger partial charge in [-0.25, -0.2) is 0 Å². The molecule has 1 nitrogen and oxygen atoms in total. The average Bonchev–Trinajstić information content (AvgIpc) is 2.37. The largest absolute Gasteiger partial charge is 0.295 e. The topological polar surface area (TPSA) is 17.1 Å². The second-order valence-corrected chi connectivity index (χ2v) is 4.38. The number of fused-ring (bicyclic) bond motifs is 1. The van der Waals surface area contributed by atoms with Crippen molar-refractivity contribution in [2.24, 2.45) is 11.3 Å². The lowest BCUT2D eigenvalue weighted by Gasteiger charge is -2.23. The van der Waals surface area contributed by atoms with Crippen molar-refractivity contribution in [3.8, 4) is 0 Å². The van der Waals surface area contributed by atoms with Crippen LogP contribution in [0.15, 0.2) is 11.6 Å². The van der Waals surface area contributed by atoms with Crippen LogP contribution in [-0.2, 0) is 4.79 Å². The van der Waals surface area contributed by atoms with Gasteiger partial charge in [0.25, 0.3) is 0 Å². The fraction of sp³-hybridized carbons (Fsp3) is 0.700. The molecule has 1 heteroatoms. The smallest absolute Gasteiger partial charge is 0.159 e. The summed E-state index contributed by atoms with van der Waals surface area (Å²) in [5.41, 5.74) is 1.38. The Morgan fingerprint density at radius 2 is 2.27 bits per heavy atom. The van der Waals surface area contributed by atoms with Crippen molar-refractivity contribution in [2.75, 3.05) is 0 Å². The summed E-state index contributed by atoms with van der Waals surface area (Å²) in [5.74, 6) is 0.979. The predicted octanol–water partition coefficient (Wildman–Crippen LogP) is 2.32. The molecular weight excluding hydrogens is 136 g/mol. The zero-order valence-corrected chi connectivity index (χ0v) is 7.18. The van der Waals surface area contributed by atoms with Crippen LogP contribution in [0.4, 0.5) is 0 Å². The van der Waals surface area contributed by atoms with Gasteiger partial charge in [-0.2, -0.15) is 0 Å². The summed E-state index contributed by atoms with van der Waals surface area (Å²) >= 11 is 0. The van der Waals surface area contributed by atoms with Crippen LogP contribution in [0.3, 0.4) is 0 Å². The Hall–Kier alpha value is -0.590. The molecule has 1 saturated carbocycles. The van der Waals surface area contributed by atoms with E-state index in [0.717, 1.165) is 18.4 Å². The van der Waals surface area contributed by atoms with E-state index in [1.54, 1.807) is 0 Å². The number of ketones is 1. The number of Topliss-reactive ketones (excluding diaryl/α,β-unsaturated/α-hetero) is 1. The van der Waals surface area contributed by atoms with E-state index < -0.39 is 0 Å². The van der Waals surface area contributed by atoms with Gasteiger partial charge in [-0.3, -0.25) is 4.79 Å². The standard InChI is InChI=1S/C10H14O/c1-10(2)6-9(11)7-4-3-5-8(7)10/h4,8H,3,5-6H2,1-2H3/t8-/m0/s1. The van der Waals surface area contributed by atoms with Crippen molar-refractivity contribution in [1.29, 1.82) is 0 Å². The van der Waals surface area contributed by atoms with Gasteiger partial charge in [0.1, 0.15) is 0 Å². The third-order valence-corrected chi connectivity index (χ3v) is 3.08. The molecule has 0 aromatic rings. The van der Waals surface area contributed by atoms with Crippen molar-refractivity contribution in [2.45, 2.75) is 33.1 Å². The molecule has 2 aliphatic carbocycles. The van der Waals surface area contributed by atoms with Crippen LogP contribution >= 0.6 is 0 Å². The molecule has 0 heterocycles. The molecule has 0 bridgehead atoms. The van der Waals surface area contributed by atoms with Crippen molar-refractivity contribution >= 4 is 5.78 Å². The second-order valence-electron chi connectivity index (χ2n) is 4.38. The van der Waals surface area contributed by atoms with Gasteiger partial charge in [-0.15, -0.1) is 0 Å². The molecule has 2 rings (SSSR count). The molecule has 0 aromatic heterocycles. The van der Waals surface area contributed by atoms with E-state index in [2.05, 4.69) is 19.9 Å². The number of allylic oxidation sites excluding steroid dienone is 2. The van der Waals surface area contributed by atoms with Crippen LogP contribution in [0.5, 0.6) is 0 Å². The van der Waals surface area contributed by atoms with Gasteiger partial charge < -0.3 is 0 Å². The Kier molecular flexibility index (Phi) is 1.26. The molecule has 0 N–H and O–H groups in total. The molecule has 0 spiro atoms. The number of rotatable bonds is 0. The molecule has 60 valence electrons. The highest BCUT2D eigenvalue weighted by Crippen LogP contribution is 2.49. The van der Waals surface area contributed by atoms with Gasteiger partial charge in [0.2, 0.25) is 0 Å². The number of carbonyl (C=O) groups excluding carboxylic acids is 1. The van der Waals surface area contributed by atoms with Crippen molar-refractivity contribution in [3.63, 3.8) is 0 Å². The van der Waals surface area contributed by atoms with E-state index in [-0.39, 0.29) is 5.41 Å². The normalized spacial score (nSPS) is 33.8. The molecule has 1 fully saturated rings. The highest BCUT2D eigenvalue weighted by Gasteiger charge is 2.44. The molecule has 0 radical (unpaired) electrons. The number of hydrogen-bond donors (Lipinski definition) is 0. The molecule has 11 heavy (non-hydrogen) atoms. The molecule has 0 saturated heterocycles. The van der Waals surface area contributed by atoms with Crippen LogP contribution < -0.4 is 0 Å². The SMILES string of the molecule is CC1(C)CC(=O)C2=CCC[C@@H]21. The summed E-state index contributed by atoms with van der Waals surface area (Å²) in [6, 6.07) is 0. The van der Waals surface area contributed by atoms with Crippen LogP contribution in [0.25, 0.3) is 0 Å². The quantitative estimate of drug-likeness (QED) is 0.518. The third kappa shape index (κ3) is 0.867. The van der Waals surface area contributed by atoms with Crippen LogP contribution in [-0.4, -0.2) is 5.78 Å². The van der Waals surface area contributed by atoms with E-state index in [1.807, 2.05) is 0 Å². The van der Waals surface area contributed by atoms with Gasteiger partial charge in [0.15, 0.2) is 5.78 Å². The van der Waals surface area contributed by atoms with E-state index in [1.165, 1.54) is 6.42 Å². The minimum atomic E-state index is 0.249. The zero-order chi connectivity index (χ0) is 8.06. The minimum absolute atomic E-state index is 0.249. The Morgan fingerprint density at radius 1 is 1.55 bits per heavy atom. The molecule has 1 atom stereocenters. The first-order valence-corrected chi connectivity index (χ1v) is 4.34. The van der Waals surface area contributed by atoms with E-state index in [4.69, 9.17) is 0 Å². The lowest BCUT2D eigenvalue weighted by molar-refractivity contribution is -0.115. The van der Waals surface area contributed by atoms with Crippen molar-refractivity contribution < 1.29 is 4.79 Å². The monoisotopic (exact) mass is 150 g/mol. The Labute approximate surface area is 67.5 Å². The van der Waals surface area contributed by atoms with Gasteiger partial charge in [0, 0.05) is 6.42 Å². The summed E-state index contributed by atoms with van der Waals surface area (Å²) in [6.07, 6.45) is 5.23. The van der Waals surface area contributed by atoms with Gasteiger partial charge in [-0.05, 0) is 29.7 Å². The molecular formula is C10H14O. The second kappa shape index (κ2) is 1.96. The highest BCUT2D eigenvalue weighted by atomic mass is 16.1. The van der Waals surface area contributed by atoms with E-state index >= 15 is 0 Å². The Balaban J connectivity index is 2.38. The van der Waals surface area contributed by atoms with Gasteiger partial charge in [-0.1, -0.05) is 19.9 Å². The van der Waals surface area contributed by atoms with Crippen LogP contribution in [0, 0.1) is 11.3 Å². The first-order chi connectivity index (χ1) is 5.11. The lowest BCUT2D eigenvalue weighted by atomic mass is 9.80. The fourth-order valence-corrected chi connectivity index (χ4v) is 2.46. The number of carbonyl (C=O) groups is 1. The van der Waals surface area contributed by atoms with Crippen LogP contribution in [0.1, 0.15) is 33.1 Å². The molecule has 2 aliphatic rings.